The van der Waals surface area contributed by atoms with Crippen molar-refractivity contribution in [2.24, 2.45) is 5.92 Å². The van der Waals surface area contributed by atoms with Crippen molar-refractivity contribution in [2.75, 3.05) is 7.11 Å². The summed E-state index contributed by atoms with van der Waals surface area (Å²) in [6.07, 6.45) is 13.5. The van der Waals surface area contributed by atoms with Crippen LogP contribution in [0.25, 0.3) is 0 Å². The van der Waals surface area contributed by atoms with Crippen LogP contribution < -0.4 is 0 Å². The molecule has 1 aromatic heterocycles. The van der Waals surface area contributed by atoms with Crippen LogP contribution in [0.1, 0.15) is 58.4 Å². The average Bonchev–Trinajstić information content (AvgIpc) is 3.45. The number of aliphatic hydroxyl groups excluding tert-OH is 1. The number of carbonyl (C=O) groups is 2. The Balaban J connectivity index is 1.44. The maximum atomic E-state index is 12.3. The van der Waals surface area contributed by atoms with Crippen molar-refractivity contribution >= 4 is 11.9 Å². The van der Waals surface area contributed by atoms with E-state index >= 15 is 0 Å². The first-order valence-electron chi connectivity index (χ1n) is 11.2. The van der Waals surface area contributed by atoms with Gasteiger partial charge in [-0.2, -0.15) is 0 Å². The molecule has 0 saturated heterocycles. The second kappa shape index (κ2) is 10.7. The van der Waals surface area contributed by atoms with Gasteiger partial charge in [0, 0.05) is 19.1 Å². The zero-order valence-corrected chi connectivity index (χ0v) is 19.7. The molecule has 3 heterocycles. The molecule has 7 heteroatoms. The maximum absolute atomic E-state index is 12.3. The van der Waals surface area contributed by atoms with Gasteiger partial charge in [-0.25, -0.2) is 9.59 Å². The molecule has 0 fully saturated rings. The minimum atomic E-state index is -1.07. The van der Waals surface area contributed by atoms with E-state index < -0.39 is 11.8 Å². The number of esters is 2. The highest BCUT2D eigenvalue weighted by molar-refractivity contribution is 5.93. The van der Waals surface area contributed by atoms with Gasteiger partial charge >= 0.3 is 11.9 Å². The number of furan rings is 1. The molecule has 0 saturated carbocycles. The molecule has 3 rings (SSSR count). The molecule has 0 bridgehead atoms. The van der Waals surface area contributed by atoms with Gasteiger partial charge in [-0.1, -0.05) is 18.6 Å². The Labute approximate surface area is 194 Å². The Bertz CT molecular complexity index is 994. The van der Waals surface area contributed by atoms with E-state index in [-0.39, 0.29) is 29.0 Å². The predicted molar refractivity (Wildman–Crippen MR) is 122 cm³/mol. The Morgan fingerprint density at radius 1 is 1.30 bits per heavy atom. The third-order valence-electron chi connectivity index (χ3n) is 5.97. The Morgan fingerprint density at radius 3 is 2.73 bits per heavy atom. The first-order chi connectivity index (χ1) is 15.7. The van der Waals surface area contributed by atoms with Gasteiger partial charge in [0.15, 0.2) is 11.5 Å². The van der Waals surface area contributed by atoms with Crippen LogP contribution in [0.4, 0.5) is 0 Å². The summed E-state index contributed by atoms with van der Waals surface area (Å²) >= 11 is 0. The highest BCUT2D eigenvalue weighted by Crippen LogP contribution is 2.32. The summed E-state index contributed by atoms with van der Waals surface area (Å²) in [5.74, 6) is -1.54. The second-order valence-corrected chi connectivity index (χ2v) is 8.74. The van der Waals surface area contributed by atoms with Crippen molar-refractivity contribution in [3.63, 3.8) is 0 Å². The average molecular weight is 457 g/mol. The molecule has 33 heavy (non-hydrogen) atoms. The molecule has 0 radical (unpaired) electrons. The zero-order chi connectivity index (χ0) is 24.0. The first-order valence-corrected chi connectivity index (χ1v) is 11.2. The fraction of sp³-hybridized carbons (Fsp3) is 0.462. The highest BCUT2D eigenvalue weighted by atomic mass is 16.7. The van der Waals surface area contributed by atoms with Gasteiger partial charge in [-0.3, -0.25) is 0 Å². The van der Waals surface area contributed by atoms with Crippen LogP contribution >= 0.6 is 0 Å². The Morgan fingerprint density at radius 2 is 2.09 bits per heavy atom. The van der Waals surface area contributed by atoms with Gasteiger partial charge in [-0.05, 0) is 75.7 Å². The molecule has 0 unspecified atom stereocenters. The van der Waals surface area contributed by atoms with E-state index in [1.54, 1.807) is 31.6 Å². The lowest BCUT2D eigenvalue weighted by atomic mass is 9.99. The van der Waals surface area contributed by atoms with Crippen LogP contribution in [-0.4, -0.2) is 29.9 Å². The van der Waals surface area contributed by atoms with Crippen LogP contribution in [0.3, 0.4) is 0 Å². The minimum Gasteiger partial charge on any atom is -0.504 e. The molecule has 0 spiro atoms. The number of hydrogen-bond acceptors (Lipinski definition) is 7. The second-order valence-electron chi connectivity index (χ2n) is 8.74. The molecule has 0 aromatic carbocycles. The summed E-state index contributed by atoms with van der Waals surface area (Å²) < 4.78 is 21.2. The number of ether oxygens (including phenoxy) is 3. The van der Waals surface area contributed by atoms with Gasteiger partial charge < -0.3 is 23.7 Å². The molecule has 1 N–H and O–H groups in total. The molecule has 0 aliphatic carbocycles. The molecule has 2 aliphatic heterocycles. The fourth-order valence-corrected chi connectivity index (χ4v) is 3.93. The van der Waals surface area contributed by atoms with Gasteiger partial charge in [-0.15, -0.1) is 0 Å². The minimum absolute atomic E-state index is 0.0649. The Hall–Kier alpha value is -3.06. The smallest absolute Gasteiger partial charge is 0.343 e. The van der Waals surface area contributed by atoms with Crippen LogP contribution in [0.5, 0.6) is 0 Å². The summed E-state index contributed by atoms with van der Waals surface area (Å²) in [5.41, 5.74) is 3.02. The summed E-state index contributed by atoms with van der Waals surface area (Å²) in [6.45, 7) is 5.66. The van der Waals surface area contributed by atoms with Gasteiger partial charge in [0.05, 0.1) is 18.1 Å². The number of methoxy groups -OCH3 is 1. The lowest BCUT2D eigenvalue weighted by Gasteiger charge is -2.23. The van der Waals surface area contributed by atoms with Crippen molar-refractivity contribution < 1.29 is 33.3 Å². The monoisotopic (exact) mass is 456 g/mol. The molecule has 0 amide bonds. The lowest BCUT2D eigenvalue weighted by Crippen LogP contribution is -2.33. The van der Waals surface area contributed by atoms with E-state index in [1.165, 1.54) is 12.7 Å². The summed E-state index contributed by atoms with van der Waals surface area (Å²) in [5, 5.41) is 9.92. The summed E-state index contributed by atoms with van der Waals surface area (Å²) in [6, 6.07) is 1.82. The first kappa shape index (κ1) is 24.6. The fourth-order valence-electron chi connectivity index (χ4n) is 3.93. The number of rotatable bonds is 11. The van der Waals surface area contributed by atoms with Crippen LogP contribution in [-0.2, 0) is 30.2 Å². The van der Waals surface area contributed by atoms with Gasteiger partial charge in [0.1, 0.15) is 0 Å². The van der Waals surface area contributed by atoms with Gasteiger partial charge in [0.25, 0.3) is 0 Å². The standard InChI is InChI=1S/C26H32O7/c1-17(7-5-9-18(2)13-22-23(27)19(3)24(28)32-22)8-6-10-21-15-26(30-4,33-25(21)29)14-20-11-12-31-16-20/h8,11-13,15-16,18,27H,5-7,9-10,14H2,1-4H3/b17-8+,22-13-/t18-,26+/m1/s1. The largest absolute Gasteiger partial charge is 0.504 e. The van der Waals surface area contributed by atoms with E-state index in [1.807, 2.05) is 13.0 Å². The molecular weight excluding hydrogens is 424 g/mol. The van der Waals surface area contributed by atoms with E-state index in [0.29, 0.717) is 18.4 Å². The van der Waals surface area contributed by atoms with Crippen molar-refractivity contribution in [2.45, 2.75) is 65.1 Å². The van der Waals surface area contributed by atoms with E-state index in [0.717, 1.165) is 31.2 Å². The SMILES string of the molecule is CO[C@]1(Cc2ccoc2)C=C(CC/C=C(\C)CCC[C@@H](C)/C=C2\OC(=O)C(C)=C2O)C(=O)O1. The number of allylic oxidation sites excluding steroid dienone is 3. The van der Waals surface area contributed by atoms with E-state index in [9.17, 15) is 14.7 Å². The third-order valence-corrected chi connectivity index (χ3v) is 5.97. The number of hydrogen-bond donors (Lipinski definition) is 1. The summed E-state index contributed by atoms with van der Waals surface area (Å²) in [4.78, 5) is 23.8. The highest BCUT2D eigenvalue weighted by Gasteiger charge is 2.40. The van der Waals surface area contributed by atoms with Crippen LogP contribution in [0, 0.1) is 5.92 Å². The van der Waals surface area contributed by atoms with Crippen molar-refractivity contribution in [1.29, 1.82) is 0 Å². The zero-order valence-electron chi connectivity index (χ0n) is 19.7. The van der Waals surface area contributed by atoms with Gasteiger partial charge in [0.2, 0.25) is 5.79 Å². The van der Waals surface area contributed by atoms with Crippen molar-refractivity contribution in [3.8, 4) is 0 Å². The quantitative estimate of drug-likeness (QED) is 0.349. The van der Waals surface area contributed by atoms with E-state index in [2.05, 4.69) is 13.0 Å². The Kier molecular flexibility index (Phi) is 7.97. The number of aliphatic hydroxyl groups is 1. The lowest BCUT2D eigenvalue weighted by molar-refractivity contribution is -0.188. The topological polar surface area (TPSA) is 95.2 Å². The normalized spacial score (nSPS) is 23.2. The molecule has 2 atom stereocenters. The molecule has 178 valence electrons. The molecule has 2 aliphatic rings. The predicted octanol–water partition coefficient (Wildman–Crippen LogP) is 5.45. The maximum Gasteiger partial charge on any atom is 0.343 e. The summed E-state index contributed by atoms with van der Waals surface area (Å²) in [7, 11) is 1.53. The van der Waals surface area contributed by atoms with Crippen LogP contribution in [0.2, 0.25) is 0 Å². The molecule has 1 aromatic rings. The van der Waals surface area contributed by atoms with Crippen molar-refractivity contribution in [3.05, 3.63) is 70.6 Å². The number of carbonyl (C=O) groups excluding carboxylic acids is 2. The van der Waals surface area contributed by atoms with E-state index in [4.69, 9.17) is 18.6 Å². The molecule has 7 nitrogen and oxygen atoms in total. The third kappa shape index (κ3) is 6.26. The van der Waals surface area contributed by atoms with Crippen LogP contribution in [0.15, 0.2) is 69.5 Å². The van der Waals surface area contributed by atoms with Crippen molar-refractivity contribution in [1.82, 2.24) is 0 Å². The number of cyclic esters (lactones) is 2. The molecular formula is C26H32O7.